The van der Waals surface area contributed by atoms with Crippen LogP contribution in [0.25, 0.3) is 0 Å². The highest BCUT2D eigenvalue weighted by Gasteiger charge is 2.12. The van der Waals surface area contributed by atoms with Crippen molar-refractivity contribution in [2.45, 2.75) is 38.5 Å². The zero-order valence-electron chi connectivity index (χ0n) is 10.7. The van der Waals surface area contributed by atoms with Crippen molar-refractivity contribution in [2.24, 2.45) is 5.73 Å². The molecule has 0 spiro atoms. The van der Waals surface area contributed by atoms with E-state index in [1.807, 2.05) is 6.07 Å². The lowest BCUT2D eigenvalue weighted by atomic mass is 9.90. The number of halogens is 1. The highest BCUT2D eigenvalue weighted by Crippen LogP contribution is 2.32. The second-order valence-electron chi connectivity index (χ2n) is 4.31. The third-order valence-electron chi connectivity index (χ3n) is 3.04. The van der Waals surface area contributed by atoms with Gasteiger partial charge in [-0.2, -0.15) is 0 Å². The van der Waals surface area contributed by atoms with Crippen LogP contribution in [-0.4, -0.2) is 13.7 Å². The second kappa shape index (κ2) is 7.72. The molecule has 0 aromatic heterocycles. The van der Waals surface area contributed by atoms with Gasteiger partial charge in [0, 0.05) is 0 Å². The van der Waals surface area contributed by atoms with Crippen LogP contribution >= 0.6 is 15.9 Å². The molecular weight excluding hydrogens is 278 g/mol. The molecular formula is C14H22BrNO. The molecule has 3 heteroatoms. The van der Waals surface area contributed by atoms with Crippen LogP contribution in [0.3, 0.4) is 0 Å². The molecule has 0 aliphatic rings. The molecule has 96 valence electrons. The van der Waals surface area contributed by atoms with Crippen molar-refractivity contribution in [1.29, 1.82) is 0 Å². The van der Waals surface area contributed by atoms with Gasteiger partial charge < -0.3 is 10.5 Å². The molecule has 2 nitrogen and oxygen atoms in total. The van der Waals surface area contributed by atoms with E-state index in [1.165, 1.54) is 24.8 Å². The van der Waals surface area contributed by atoms with Gasteiger partial charge in [0.1, 0.15) is 5.75 Å². The molecule has 1 rings (SSSR count). The Kier molecular flexibility index (Phi) is 6.60. The van der Waals surface area contributed by atoms with Crippen LogP contribution in [0.5, 0.6) is 5.75 Å². The predicted octanol–water partition coefficient (Wildman–Crippen LogP) is 4.08. The first-order chi connectivity index (χ1) is 8.22. The third-order valence-corrected chi connectivity index (χ3v) is 3.66. The molecule has 1 aromatic carbocycles. The zero-order valence-corrected chi connectivity index (χ0v) is 12.3. The summed E-state index contributed by atoms with van der Waals surface area (Å²) >= 11 is 3.55. The van der Waals surface area contributed by atoms with Gasteiger partial charge in [-0.3, -0.25) is 0 Å². The molecule has 0 aliphatic heterocycles. The molecule has 0 aliphatic carbocycles. The molecule has 2 N–H and O–H groups in total. The van der Waals surface area contributed by atoms with Crippen molar-refractivity contribution in [2.75, 3.05) is 13.7 Å². The van der Waals surface area contributed by atoms with Crippen LogP contribution in [0, 0.1) is 0 Å². The summed E-state index contributed by atoms with van der Waals surface area (Å²) in [4.78, 5) is 0. The van der Waals surface area contributed by atoms with Gasteiger partial charge in [-0.25, -0.2) is 0 Å². The van der Waals surface area contributed by atoms with E-state index in [1.54, 1.807) is 7.11 Å². The molecule has 0 heterocycles. The Balaban J connectivity index is 2.82. The molecule has 0 saturated carbocycles. The van der Waals surface area contributed by atoms with Crippen LogP contribution in [0.15, 0.2) is 22.7 Å². The van der Waals surface area contributed by atoms with Gasteiger partial charge in [0.15, 0.2) is 0 Å². The minimum absolute atomic E-state index is 0.616. The molecule has 1 atom stereocenters. The van der Waals surface area contributed by atoms with Gasteiger partial charge >= 0.3 is 0 Å². The maximum absolute atomic E-state index is 5.60. The molecule has 0 fully saturated rings. The Bertz CT molecular complexity index is 341. The lowest BCUT2D eigenvalue weighted by Gasteiger charge is -2.17. The van der Waals surface area contributed by atoms with Crippen molar-refractivity contribution in [3.05, 3.63) is 28.2 Å². The van der Waals surface area contributed by atoms with Crippen molar-refractivity contribution in [3.8, 4) is 5.75 Å². The molecule has 1 unspecified atom stereocenters. The van der Waals surface area contributed by atoms with Crippen LogP contribution in [0.4, 0.5) is 0 Å². The Morgan fingerprint density at radius 1 is 1.35 bits per heavy atom. The monoisotopic (exact) mass is 299 g/mol. The first kappa shape index (κ1) is 14.5. The average molecular weight is 300 g/mol. The smallest absolute Gasteiger partial charge is 0.133 e. The van der Waals surface area contributed by atoms with Crippen LogP contribution in [0.2, 0.25) is 0 Å². The number of ether oxygens (including phenoxy) is 1. The number of nitrogens with two attached hydrogens (primary N) is 1. The maximum atomic E-state index is 5.60. The summed E-state index contributed by atoms with van der Waals surface area (Å²) in [7, 11) is 1.69. The molecule has 17 heavy (non-hydrogen) atoms. The van der Waals surface area contributed by atoms with Gasteiger partial charge in [0.25, 0.3) is 0 Å². The Morgan fingerprint density at radius 2 is 2.12 bits per heavy atom. The molecule has 0 amide bonds. The first-order valence-electron chi connectivity index (χ1n) is 6.26. The van der Waals surface area contributed by atoms with Crippen LogP contribution in [-0.2, 0) is 0 Å². The fourth-order valence-electron chi connectivity index (χ4n) is 2.13. The van der Waals surface area contributed by atoms with Gasteiger partial charge in [0.05, 0.1) is 11.6 Å². The van der Waals surface area contributed by atoms with Crippen molar-refractivity contribution < 1.29 is 4.74 Å². The lowest BCUT2D eigenvalue weighted by Crippen LogP contribution is -2.04. The van der Waals surface area contributed by atoms with Crippen molar-refractivity contribution in [3.63, 3.8) is 0 Å². The van der Waals surface area contributed by atoms with E-state index >= 15 is 0 Å². The Morgan fingerprint density at radius 3 is 2.65 bits per heavy atom. The number of hydrogen-bond acceptors (Lipinski definition) is 2. The second-order valence-corrected chi connectivity index (χ2v) is 5.16. The first-order valence-corrected chi connectivity index (χ1v) is 7.05. The van der Waals surface area contributed by atoms with Gasteiger partial charge in [-0.1, -0.05) is 19.4 Å². The van der Waals surface area contributed by atoms with E-state index in [4.69, 9.17) is 10.5 Å². The minimum atomic E-state index is 0.616. The fraction of sp³-hybridized carbons (Fsp3) is 0.571. The molecule has 1 aromatic rings. The topological polar surface area (TPSA) is 35.2 Å². The lowest BCUT2D eigenvalue weighted by molar-refractivity contribution is 0.411. The zero-order chi connectivity index (χ0) is 12.7. The van der Waals surface area contributed by atoms with Crippen LogP contribution < -0.4 is 10.5 Å². The van der Waals surface area contributed by atoms with Gasteiger partial charge in [0.2, 0.25) is 0 Å². The number of rotatable bonds is 7. The average Bonchev–Trinajstić information content (AvgIpc) is 2.34. The quantitative estimate of drug-likeness (QED) is 0.823. The summed E-state index contributed by atoms with van der Waals surface area (Å²) in [5, 5.41) is 0. The van der Waals surface area contributed by atoms with Crippen molar-refractivity contribution in [1.82, 2.24) is 0 Å². The SMILES string of the molecule is CCCC(CCCN)c1ccc(OC)c(Br)c1. The number of benzene rings is 1. The maximum Gasteiger partial charge on any atom is 0.133 e. The summed E-state index contributed by atoms with van der Waals surface area (Å²) in [5.74, 6) is 1.51. The summed E-state index contributed by atoms with van der Waals surface area (Å²) in [6, 6.07) is 6.38. The summed E-state index contributed by atoms with van der Waals surface area (Å²) in [6.45, 7) is 3.01. The fourth-order valence-corrected chi connectivity index (χ4v) is 2.69. The van der Waals surface area contributed by atoms with E-state index < -0.39 is 0 Å². The highest BCUT2D eigenvalue weighted by molar-refractivity contribution is 9.10. The molecule has 0 radical (unpaired) electrons. The standard InChI is InChI=1S/C14H22BrNO/c1-3-5-11(6-4-9-16)12-7-8-14(17-2)13(15)10-12/h7-8,10-11H,3-6,9,16H2,1-2H3. The number of hydrogen-bond donors (Lipinski definition) is 1. The predicted molar refractivity (Wildman–Crippen MR) is 76.6 cm³/mol. The normalized spacial score (nSPS) is 12.5. The highest BCUT2D eigenvalue weighted by atomic mass is 79.9. The van der Waals surface area contributed by atoms with E-state index in [9.17, 15) is 0 Å². The van der Waals surface area contributed by atoms with Gasteiger partial charge in [-0.05, 0) is 65.4 Å². The largest absolute Gasteiger partial charge is 0.496 e. The van der Waals surface area contributed by atoms with Crippen molar-refractivity contribution >= 4 is 15.9 Å². The summed E-state index contributed by atoms with van der Waals surface area (Å²) < 4.78 is 6.29. The summed E-state index contributed by atoms with van der Waals surface area (Å²) in [5.41, 5.74) is 6.98. The Labute approximate surface area is 113 Å². The minimum Gasteiger partial charge on any atom is -0.496 e. The Hall–Kier alpha value is -0.540. The van der Waals surface area contributed by atoms with E-state index in [0.717, 1.165) is 23.2 Å². The van der Waals surface area contributed by atoms with E-state index in [2.05, 4.69) is 35.0 Å². The van der Waals surface area contributed by atoms with E-state index in [-0.39, 0.29) is 0 Å². The van der Waals surface area contributed by atoms with E-state index in [0.29, 0.717) is 5.92 Å². The third kappa shape index (κ3) is 4.32. The summed E-state index contributed by atoms with van der Waals surface area (Å²) in [6.07, 6.45) is 4.69. The molecule has 0 saturated heterocycles. The molecule has 0 bridgehead atoms. The number of methoxy groups -OCH3 is 1. The van der Waals surface area contributed by atoms with Crippen LogP contribution in [0.1, 0.15) is 44.1 Å². The van der Waals surface area contributed by atoms with Gasteiger partial charge in [-0.15, -0.1) is 0 Å².